The van der Waals surface area contributed by atoms with Gasteiger partial charge in [-0.05, 0) is 6.07 Å². The molecule has 1 N–H and O–H groups in total. The number of rotatable bonds is 1. The van der Waals surface area contributed by atoms with E-state index in [1.54, 1.807) is 13.1 Å². The molecule has 0 heterocycles. The molecule has 0 bridgehead atoms. The van der Waals surface area contributed by atoms with Gasteiger partial charge in [0.25, 0.3) is 0 Å². The van der Waals surface area contributed by atoms with Crippen LogP contribution in [-0.4, -0.2) is 7.05 Å². The summed E-state index contributed by atoms with van der Waals surface area (Å²) in [6, 6.07) is 5.33. The third-order valence-electron chi connectivity index (χ3n) is 1.37. The van der Waals surface area contributed by atoms with E-state index in [0.717, 1.165) is 5.69 Å². The number of nitrogens with zero attached hydrogens (tertiary/aromatic N) is 1. The number of anilines is 1. The second-order valence-corrected chi connectivity index (χ2v) is 2.41. The van der Waals surface area contributed by atoms with Crippen LogP contribution in [0.1, 0.15) is 0 Å². The van der Waals surface area contributed by atoms with Gasteiger partial charge in [0.15, 0.2) is 0 Å². The van der Waals surface area contributed by atoms with Crippen LogP contribution in [0.2, 0.25) is 5.02 Å². The molecule has 0 saturated carbocycles. The lowest BCUT2D eigenvalue weighted by Crippen LogP contribution is -1.86. The molecule has 1 aromatic carbocycles. The van der Waals surface area contributed by atoms with Crippen LogP contribution in [0.3, 0.4) is 0 Å². The number of benzene rings is 1. The quantitative estimate of drug-likeness (QED) is 0.635. The van der Waals surface area contributed by atoms with Crippen molar-refractivity contribution in [1.82, 2.24) is 0 Å². The molecule has 0 aliphatic carbocycles. The summed E-state index contributed by atoms with van der Waals surface area (Å²) in [5.74, 6) is 0. The first-order valence-electron chi connectivity index (χ1n) is 3.13. The van der Waals surface area contributed by atoms with Crippen molar-refractivity contribution < 1.29 is 0 Å². The van der Waals surface area contributed by atoms with Gasteiger partial charge in [0, 0.05) is 17.8 Å². The minimum Gasteiger partial charge on any atom is -0.397 e. The molecule has 2 nitrogen and oxygen atoms in total. The van der Waals surface area contributed by atoms with E-state index >= 15 is 0 Å². The maximum absolute atomic E-state index is 6.83. The number of halogens is 1. The highest BCUT2D eigenvalue weighted by Crippen LogP contribution is 2.32. The van der Waals surface area contributed by atoms with E-state index in [1.807, 2.05) is 12.1 Å². The third-order valence-corrected chi connectivity index (χ3v) is 1.67. The summed E-state index contributed by atoms with van der Waals surface area (Å²) in [5.41, 5.74) is 1.25. The lowest BCUT2D eigenvalue weighted by molar-refractivity contribution is 1.52. The van der Waals surface area contributed by atoms with E-state index in [2.05, 4.69) is 10.2 Å². The average Bonchev–Trinajstić information content (AvgIpc) is 2.04. The predicted octanol–water partition coefficient (Wildman–Crippen LogP) is 2.93. The fourth-order valence-corrected chi connectivity index (χ4v) is 1.05. The number of para-hydroxylation sites is 1. The van der Waals surface area contributed by atoms with Gasteiger partial charge in [-0.2, -0.15) is 0 Å². The van der Waals surface area contributed by atoms with Crippen molar-refractivity contribution in [2.75, 3.05) is 12.4 Å². The highest BCUT2D eigenvalue weighted by atomic mass is 35.5. The molecule has 0 unspecified atom stereocenters. The normalized spacial score (nSPS) is 8.82. The van der Waals surface area contributed by atoms with Crippen molar-refractivity contribution >= 4 is 23.0 Å². The smallest absolute Gasteiger partial charge is 0.227 e. The van der Waals surface area contributed by atoms with Gasteiger partial charge in [-0.3, -0.25) is 0 Å². The number of nitrogens with one attached hydrogen (secondary N) is 1. The molecular weight excluding hydrogens is 160 g/mol. The fraction of sp³-hybridized carbons (Fsp3) is 0.125. The van der Waals surface area contributed by atoms with Crippen LogP contribution in [0.5, 0.6) is 0 Å². The Kier molecular flexibility index (Phi) is 2.35. The molecule has 0 radical (unpaired) electrons. The zero-order valence-corrected chi connectivity index (χ0v) is 6.81. The summed E-state index contributed by atoms with van der Waals surface area (Å²) in [5, 5.41) is 3.38. The van der Waals surface area contributed by atoms with E-state index in [9.17, 15) is 0 Å². The van der Waals surface area contributed by atoms with E-state index < -0.39 is 0 Å². The molecule has 0 amide bonds. The van der Waals surface area contributed by atoms with Crippen molar-refractivity contribution in [2.24, 2.45) is 0 Å². The summed E-state index contributed by atoms with van der Waals surface area (Å²) in [4.78, 5) is 3.30. The van der Waals surface area contributed by atoms with Crippen molar-refractivity contribution in [3.05, 3.63) is 34.6 Å². The van der Waals surface area contributed by atoms with Crippen molar-refractivity contribution in [3.8, 4) is 0 Å². The maximum Gasteiger partial charge on any atom is 0.227 e. The molecule has 0 atom stereocenters. The highest BCUT2D eigenvalue weighted by molar-refractivity contribution is 6.34. The summed E-state index contributed by atoms with van der Waals surface area (Å²) in [7, 11) is 1.76. The Balaban J connectivity index is 3.27. The van der Waals surface area contributed by atoms with E-state index in [-0.39, 0.29) is 0 Å². The van der Waals surface area contributed by atoms with Crippen LogP contribution in [0, 0.1) is 6.57 Å². The lowest BCUT2D eigenvalue weighted by Gasteiger charge is -2.02. The summed E-state index contributed by atoms with van der Waals surface area (Å²) < 4.78 is 0. The average molecular weight is 167 g/mol. The van der Waals surface area contributed by atoms with Gasteiger partial charge in [0.1, 0.15) is 0 Å². The van der Waals surface area contributed by atoms with Crippen molar-refractivity contribution in [1.29, 1.82) is 0 Å². The van der Waals surface area contributed by atoms with Crippen LogP contribution < -0.4 is 5.32 Å². The van der Waals surface area contributed by atoms with Gasteiger partial charge in [-0.1, -0.05) is 23.7 Å². The van der Waals surface area contributed by atoms with Gasteiger partial charge in [0.2, 0.25) is 5.69 Å². The van der Waals surface area contributed by atoms with Crippen LogP contribution in [0.4, 0.5) is 11.4 Å². The van der Waals surface area contributed by atoms with Crippen LogP contribution in [0.25, 0.3) is 4.85 Å². The van der Waals surface area contributed by atoms with Crippen LogP contribution in [-0.2, 0) is 0 Å². The Hall–Kier alpha value is -1.20. The zero-order valence-electron chi connectivity index (χ0n) is 6.06. The van der Waals surface area contributed by atoms with Crippen molar-refractivity contribution in [2.45, 2.75) is 0 Å². The molecule has 0 saturated heterocycles. The largest absolute Gasteiger partial charge is 0.397 e. The molecule has 11 heavy (non-hydrogen) atoms. The standard InChI is InChI=1S/C8H7ClN2/c1-10-7-5-3-4-6(9)8(7)11-2/h3-5,10H,1H3. The van der Waals surface area contributed by atoms with Gasteiger partial charge >= 0.3 is 0 Å². The summed E-state index contributed by atoms with van der Waals surface area (Å²) >= 11 is 5.75. The van der Waals surface area contributed by atoms with Gasteiger partial charge in [0.05, 0.1) is 6.57 Å². The number of hydrogen-bond donors (Lipinski definition) is 1. The van der Waals surface area contributed by atoms with Crippen molar-refractivity contribution in [3.63, 3.8) is 0 Å². The molecule has 0 spiro atoms. The summed E-state index contributed by atoms with van der Waals surface area (Å²) in [6.45, 7) is 6.83. The monoisotopic (exact) mass is 166 g/mol. The minimum absolute atomic E-state index is 0.483. The molecule has 3 heteroatoms. The molecular formula is C8H7ClN2. The van der Waals surface area contributed by atoms with Crippen LogP contribution >= 0.6 is 11.6 Å². The second-order valence-electron chi connectivity index (χ2n) is 2.00. The van der Waals surface area contributed by atoms with E-state index in [1.165, 1.54) is 0 Å². The molecule has 0 aliphatic heterocycles. The fourth-order valence-electron chi connectivity index (χ4n) is 0.831. The summed E-state index contributed by atoms with van der Waals surface area (Å²) in [6.07, 6.45) is 0. The topological polar surface area (TPSA) is 16.4 Å². The Labute approximate surface area is 70.6 Å². The SMILES string of the molecule is [C-]#[N+]c1c(Cl)cccc1NC. The van der Waals surface area contributed by atoms with Gasteiger partial charge in [-0.15, -0.1) is 0 Å². The Morgan fingerprint density at radius 3 is 2.73 bits per heavy atom. The predicted molar refractivity (Wildman–Crippen MR) is 47.3 cm³/mol. The molecule has 0 aromatic heterocycles. The van der Waals surface area contributed by atoms with E-state index in [0.29, 0.717) is 10.7 Å². The highest BCUT2D eigenvalue weighted by Gasteiger charge is 2.03. The third kappa shape index (κ3) is 1.44. The Morgan fingerprint density at radius 2 is 2.27 bits per heavy atom. The molecule has 0 aliphatic rings. The first-order valence-corrected chi connectivity index (χ1v) is 3.51. The van der Waals surface area contributed by atoms with Gasteiger partial charge in [-0.25, -0.2) is 4.85 Å². The van der Waals surface area contributed by atoms with E-state index in [4.69, 9.17) is 18.2 Å². The Bertz CT molecular complexity index is 301. The Morgan fingerprint density at radius 1 is 1.55 bits per heavy atom. The van der Waals surface area contributed by atoms with Gasteiger partial charge < -0.3 is 5.32 Å². The molecule has 56 valence electrons. The lowest BCUT2D eigenvalue weighted by atomic mass is 10.3. The molecule has 1 rings (SSSR count). The first-order chi connectivity index (χ1) is 5.29. The maximum atomic E-state index is 6.83. The first kappa shape index (κ1) is 7.90. The second kappa shape index (κ2) is 3.27. The minimum atomic E-state index is 0.483. The van der Waals surface area contributed by atoms with Crippen LogP contribution in [0.15, 0.2) is 18.2 Å². The molecule has 1 aromatic rings. The zero-order chi connectivity index (χ0) is 8.27. The number of hydrogen-bond acceptors (Lipinski definition) is 1. The molecule has 0 fully saturated rings.